The molecule has 1 aromatic carbocycles. The Morgan fingerprint density at radius 3 is 2.71 bits per heavy atom. The topological polar surface area (TPSA) is 72.7 Å². The zero-order valence-corrected chi connectivity index (χ0v) is 15.2. The second-order valence-corrected chi connectivity index (χ2v) is 6.49. The largest absolute Gasteiger partial charge is 0.348 e. The van der Waals surface area contributed by atoms with Gasteiger partial charge >= 0.3 is 0 Å². The quantitative estimate of drug-likeness (QED) is 0.580. The molecule has 28 heavy (non-hydrogen) atoms. The fraction of sp³-hybridized carbons (Fsp3) is 0.143. The van der Waals surface area contributed by atoms with Crippen molar-refractivity contribution in [3.8, 4) is 5.69 Å². The van der Waals surface area contributed by atoms with Crippen LogP contribution in [0.2, 0.25) is 0 Å². The van der Waals surface area contributed by atoms with Gasteiger partial charge in [-0.2, -0.15) is 5.10 Å². The molecule has 1 amide bonds. The highest BCUT2D eigenvalue weighted by molar-refractivity contribution is 5.83. The van der Waals surface area contributed by atoms with Crippen molar-refractivity contribution in [2.45, 2.75) is 19.4 Å². The molecule has 3 heterocycles. The summed E-state index contributed by atoms with van der Waals surface area (Å²) < 4.78 is 14.8. The van der Waals surface area contributed by atoms with E-state index in [2.05, 4.69) is 20.4 Å². The molecule has 1 N–H and O–H groups in total. The third kappa shape index (κ3) is 3.73. The van der Waals surface area contributed by atoms with Gasteiger partial charge in [0.2, 0.25) is 5.91 Å². The summed E-state index contributed by atoms with van der Waals surface area (Å²) in [7, 11) is 0. The van der Waals surface area contributed by atoms with Crippen molar-refractivity contribution in [3.63, 3.8) is 0 Å². The van der Waals surface area contributed by atoms with Crippen molar-refractivity contribution >= 4 is 16.8 Å². The summed E-state index contributed by atoms with van der Waals surface area (Å²) in [5, 5.41) is 8.14. The van der Waals surface area contributed by atoms with Gasteiger partial charge in [-0.3, -0.25) is 14.8 Å². The van der Waals surface area contributed by atoms with Gasteiger partial charge in [-0.25, -0.2) is 9.07 Å². The first-order chi connectivity index (χ1) is 13.6. The SMILES string of the molecule is C[C@H](NC(=O)Cc1cc2cnn(-c3ccc(F)cc3)c2cn1)c1ccccn1. The van der Waals surface area contributed by atoms with E-state index < -0.39 is 0 Å². The van der Waals surface area contributed by atoms with Crippen molar-refractivity contribution in [3.05, 3.63) is 84.3 Å². The van der Waals surface area contributed by atoms with Gasteiger partial charge in [-0.05, 0) is 49.4 Å². The summed E-state index contributed by atoms with van der Waals surface area (Å²) in [6, 6.07) is 13.3. The molecule has 0 spiro atoms. The van der Waals surface area contributed by atoms with E-state index in [1.54, 1.807) is 35.4 Å². The Hall–Kier alpha value is -3.61. The van der Waals surface area contributed by atoms with Gasteiger partial charge in [0.25, 0.3) is 0 Å². The number of fused-ring (bicyclic) bond motifs is 1. The van der Waals surface area contributed by atoms with Crippen LogP contribution in [-0.4, -0.2) is 25.7 Å². The van der Waals surface area contributed by atoms with Crippen molar-refractivity contribution in [1.82, 2.24) is 25.1 Å². The van der Waals surface area contributed by atoms with Crippen LogP contribution >= 0.6 is 0 Å². The maximum Gasteiger partial charge on any atom is 0.226 e. The molecular weight excluding hydrogens is 357 g/mol. The number of rotatable bonds is 5. The Bertz CT molecular complexity index is 1110. The van der Waals surface area contributed by atoms with E-state index in [9.17, 15) is 9.18 Å². The molecule has 0 aliphatic carbocycles. The highest BCUT2D eigenvalue weighted by Gasteiger charge is 2.13. The van der Waals surface area contributed by atoms with Crippen molar-refractivity contribution in [2.75, 3.05) is 0 Å². The Morgan fingerprint density at radius 1 is 1.14 bits per heavy atom. The maximum absolute atomic E-state index is 13.1. The lowest BCUT2D eigenvalue weighted by Crippen LogP contribution is -2.28. The fourth-order valence-electron chi connectivity index (χ4n) is 3.02. The summed E-state index contributed by atoms with van der Waals surface area (Å²) in [6.45, 7) is 1.89. The average molecular weight is 375 g/mol. The third-order valence-corrected chi connectivity index (χ3v) is 4.43. The van der Waals surface area contributed by atoms with Crippen molar-refractivity contribution in [2.24, 2.45) is 0 Å². The van der Waals surface area contributed by atoms with E-state index in [0.717, 1.165) is 22.3 Å². The van der Waals surface area contributed by atoms with Gasteiger partial charge < -0.3 is 5.32 Å². The smallest absolute Gasteiger partial charge is 0.226 e. The number of pyridine rings is 2. The molecule has 0 saturated carbocycles. The molecule has 4 aromatic rings. The minimum absolute atomic E-state index is 0.129. The lowest BCUT2D eigenvalue weighted by molar-refractivity contribution is -0.121. The fourth-order valence-corrected chi connectivity index (χ4v) is 3.02. The number of hydrogen-bond donors (Lipinski definition) is 1. The van der Waals surface area contributed by atoms with Gasteiger partial charge in [0, 0.05) is 11.6 Å². The molecule has 0 bridgehead atoms. The van der Waals surface area contributed by atoms with Gasteiger partial charge in [-0.1, -0.05) is 6.07 Å². The predicted molar refractivity (Wildman–Crippen MR) is 103 cm³/mol. The molecule has 7 heteroatoms. The summed E-state index contributed by atoms with van der Waals surface area (Å²) in [6.07, 6.45) is 5.25. The number of hydrogen-bond acceptors (Lipinski definition) is 4. The van der Waals surface area contributed by atoms with E-state index in [-0.39, 0.29) is 24.2 Å². The number of benzene rings is 1. The number of carbonyl (C=O) groups is 1. The van der Waals surface area contributed by atoms with Crippen LogP contribution in [0, 0.1) is 5.82 Å². The Labute approximate surface area is 161 Å². The third-order valence-electron chi connectivity index (χ3n) is 4.43. The lowest BCUT2D eigenvalue weighted by atomic mass is 10.2. The van der Waals surface area contributed by atoms with E-state index >= 15 is 0 Å². The van der Waals surface area contributed by atoms with Crippen LogP contribution in [0.3, 0.4) is 0 Å². The first-order valence-electron chi connectivity index (χ1n) is 8.89. The molecule has 6 nitrogen and oxygen atoms in total. The number of amides is 1. The van der Waals surface area contributed by atoms with Crippen LogP contribution < -0.4 is 5.32 Å². The van der Waals surface area contributed by atoms with E-state index in [1.165, 1.54) is 12.1 Å². The van der Waals surface area contributed by atoms with Crippen LogP contribution in [-0.2, 0) is 11.2 Å². The predicted octanol–water partition coefficient (Wildman–Crippen LogP) is 3.37. The standard InChI is InChI=1S/C21H18FN5O/c1-14(19-4-2-3-9-23-19)26-21(28)11-17-10-15-12-25-27(20(15)13-24-17)18-7-5-16(22)6-8-18/h2-10,12-14H,11H2,1H3,(H,26,28)/t14-/m0/s1. The molecular formula is C21H18FN5O. The molecule has 0 saturated heterocycles. The van der Waals surface area contributed by atoms with Crippen LogP contribution in [0.5, 0.6) is 0 Å². The number of nitrogens with one attached hydrogen (secondary N) is 1. The molecule has 140 valence electrons. The lowest BCUT2D eigenvalue weighted by Gasteiger charge is -2.13. The molecule has 0 aliphatic heterocycles. The van der Waals surface area contributed by atoms with E-state index in [4.69, 9.17) is 0 Å². The Balaban J connectivity index is 1.49. The van der Waals surface area contributed by atoms with Crippen LogP contribution in [0.1, 0.15) is 24.4 Å². The van der Waals surface area contributed by atoms with Gasteiger partial charge in [0.05, 0.1) is 47.4 Å². The van der Waals surface area contributed by atoms with Crippen LogP contribution in [0.4, 0.5) is 4.39 Å². The Morgan fingerprint density at radius 2 is 1.96 bits per heavy atom. The summed E-state index contributed by atoms with van der Waals surface area (Å²) in [5.41, 5.74) is 2.99. The average Bonchev–Trinajstić information content (AvgIpc) is 3.12. The summed E-state index contributed by atoms with van der Waals surface area (Å²) in [4.78, 5) is 21.0. The Kier molecular flexibility index (Phi) is 4.80. The number of carbonyl (C=O) groups excluding carboxylic acids is 1. The summed E-state index contributed by atoms with van der Waals surface area (Å²) in [5.74, 6) is -0.428. The summed E-state index contributed by atoms with van der Waals surface area (Å²) >= 11 is 0. The van der Waals surface area contributed by atoms with E-state index in [1.807, 2.05) is 31.2 Å². The normalized spacial score (nSPS) is 12.1. The first-order valence-corrected chi connectivity index (χ1v) is 8.89. The monoisotopic (exact) mass is 375 g/mol. The molecule has 1 atom stereocenters. The number of aromatic nitrogens is 4. The maximum atomic E-state index is 13.1. The van der Waals surface area contributed by atoms with Gasteiger partial charge in [0.15, 0.2) is 0 Å². The van der Waals surface area contributed by atoms with Gasteiger partial charge in [-0.15, -0.1) is 0 Å². The zero-order chi connectivity index (χ0) is 19.5. The first kappa shape index (κ1) is 17.8. The second-order valence-electron chi connectivity index (χ2n) is 6.49. The highest BCUT2D eigenvalue weighted by atomic mass is 19.1. The van der Waals surface area contributed by atoms with E-state index in [0.29, 0.717) is 5.69 Å². The molecule has 0 unspecified atom stereocenters. The molecule has 3 aromatic heterocycles. The van der Waals surface area contributed by atoms with Gasteiger partial charge in [0.1, 0.15) is 5.82 Å². The minimum Gasteiger partial charge on any atom is -0.348 e. The second kappa shape index (κ2) is 7.56. The molecule has 4 rings (SSSR count). The zero-order valence-electron chi connectivity index (χ0n) is 15.2. The van der Waals surface area contributed by atoms with Crippen molar-refractivity contribution < 1.29 is 9.18 Å². The minimum atomic E-state index is -0.299. The molecule has 0 radical (unpaired) electrons. The number of nitrogens with zero attached hydrogens (tertiary/aromatic N) is 4. The molecule has 0 aliphatic rings. The van der Waals surface area contributed by atoms with Crippen LogP contribution in [0.25, 0.3) is 16.6 Å². The number of halogens is 1. The van der Waals surface area contributed by atoms with Crippen molar-refractivity contribution in [1.29, 1.82) is 0 Å². The molecule has 0 fully saturated rings. The highest BCUT2D eigenvalue weighted by Crippen LogP contribution is 2.19. The van der Waals surface area contributed by atoms with Crippen LogP contribution in [0.15, 0.2) is 67.1 Å².